The van der Waals surface area contributed by atoms with Crippen LogP contribution in [0.1, 0.15) is 42.0 Å². The number of rotatable bonds is 5. The van der Waals surface area contributed by atoms with Crippen LogP contribution in [0.3, 0.4) is 0 Å². The van der Waals surface area contributed by atoms with Crippen molar-refractivity contribution in [2.45, 2.75) is 52.2 Å². The number of carbonyl (C=O) groups excluding carboxylic acids is 1. The molecule has 1 atom stereocenters. The third-order valence-corrected chi connectivity index (χ3v) is 4.55. The molecule has 2 aromatic rings. The molecule has 0 spiro atoms. The standard InChI is InChI=1S/C21H25NO2/c1-15-6-5-7-17(12-15)14-22-21(23)16(2)24-20-11-10-18-8-3-4-9-19(18)13-20/h5-7,10-13,16H,3-4,8-9,14H2,1-2H3,(H,22,23)/t16-/m1/s1. The van der Waals surface area contributed by atoms with Gasteiger partial charge in [-0.15, -0.1) is 0 Å². The van der Waals surface area contributed by atoms with Gasteiger partial charge in [0.05, 0.1) is 0 Å². The number of hydrogen-bond donors (Lipinski definition) is 1. The Hall–Kier alpha value is -2.29. The van der Waals surface area contributed by atoms with E-state index < -0.39 is 6.10 Å². The lowest BCUT2D eigenvalue weighted by Crippen LogP contribution is -2.35. The maximum absolute atomic E-state index is 12.3. The first-order chi connectivity index (χ1) is 11.6. The third kappa shape index (κ3) is 4.16. The second-order valence-corrected chi connectivity index (χ2v) is 6.60. The van der Waals surface area contributed by atoms with Crippen LogP contribution in [-0.4, -0.2) is 12.0 Å². The highest BCUT2D eigenvalue weighted by Gasteiger charge is 2.16. The van der Waals surface area contributed by atoms with Crippen molar-refractivity contribution in [3.8, 4) is 5.75 Å². The summed E-state index contributed by atoms with van der Waals surface area (Å²) < 4.78 is 5.84. The quantitative estimate of drug-likeness (QED) is 0.904. The first kappa shape index (κ1) is 16.6. The lowest BCUT2D eigenvalue weighted by Gasteiger charge is -2.19. The zero-order valence-corrected chi connectivity index (χ0v) is 14.5. The number of benzene rings is 2. The van der Waals surface area contributed by atoms with Crippen LogP contribution < -0.4 is 10.1 Å². The summed E-state index contributed by atoms with van der Waals surface area (Å²) in [5.74, 6) is 0.697. The molecule has 0 aromatic heterocycles. The molecule has 0 fully saturated rings. The number of amides is 1. The Bertz CT molecular complexity index is 724. The third-order valence-electron chi connectivity index (χ3n) is 4.55. The van der Waals surface area contributed by atoms with E-state index in [1.165, 1.54) is 29.5 Å². The topological polar surface area (TPSA) is 38.3 Å². The average Bonchev–Trinajstić information content (AvgIpc) is 2.59. The molecule has 2 aromatic carbocycles. The molecule has 0 unspecified atom stereocenters. The molecule has 0 heterocycles. The summed E-state index contributed by atoms with van der Waals surface area (Å²) in [7, 11) is 0. The van der Waals surface area contributed by atoms with Crippen molar-refractivity contribution in [1.29, 1.82) is 0 Å². The van der Waals surface area contributed by atoms with Crippen molar-refractivity contribution >= 4 is 5.91 Å². The Morgan fingerprint density at radius 2 is 1.92 bits per heavy atom. The van der Waals surface area contributed by atoms with Gasteiger partial charge in [-0.05, 0) is 68.4 Å². The van der Waals surface area contributed by atoms with Crippen LogP contribution >= 0.6 is 0 Å². The largest absolute Gasteiger partial charge is 0.481 e. The second-order valence-electron chi connectivity index (χ2n) is 6.60. The molecule has 0 saturated heterocycles. The zero-order valence-electron chi connectivity index (χ0n) is 14.5. The number of hydrogen-bond acceptors (Lipinski definition) is 2. The molecule has 24 heavy (non-hydrogen) atoms. The van der Waals surface area contributed by atoms with E-state index >= 15 is 0 Å². The summed E-state index contributed by atoms with van der Waals surface area (Å²) in [6.45, 7) is 4.37. The van der Waals surface area contributed by atoms with Crippen molar-refractivity contribution in [3.63, 3.8) is 0 Å². The van der Waals surface area contributed by atoms with E-state index in [1.54, 1.807) is 6.92 Å². The number of nitrogens with one attached hydrogen (secondary N) is 1. The monoisotopic (exact) mass is 323 g/mol. The van der Waals surface area contributed by atoms with E-state index in [9.17, 15) is 4.79 Å². The van der Waals surface area contributed by atoms with E-state index in [-0.39, 0.29) is 5.91 Å². The van der Waals surface area contributed by atoms with Crippen LogP contribution in [0, 0.1) is 6.92 Å². The van der Waals surface area contributed by atoms with E-state index in [4.69, 9.17) is 4.74 Å². The summed E-state index contributed by atoms with van der Waals surface area (Å²) in [4.78, 5) is 12.3. The second kappa shape index (κ2) is 7.52. The van der Waals surface area contributed by atoms with E-state index in [0.717, 1.165) is 24.2 Å². The maximum Gasteiger partial charge on any atom is 0.261 e. The number of aryl methyl sites for hydroxylation is 3. The van der Waals surface area contributed by atoms with Gasteiger partial charge in [-0.2, -0.15) is 0 Å². The van der Waals surface area contributed by atoms with Gasteiger partial charge < -0.3 is 10.1 Å². The van der Waals surface area contributed by atoms with Gasteiger partial charge in [0.15, 0.2) is 6.10 Å². The fourth-order valence-electron chi connectivity index (χ4n) is 3.20. The molecular formula is C21H25NO2. The van der Waals surface area contributed by atoms with Crippen LogP contribution in [0.15, 0.2) is 42.5 Å². The molecule has 1 amide bonds. The lowest BCUT2D eigenvalue weighted by atomic mass is 9.92. The Balaban J connectivity index is 1.56. The van der Waals surface area contributed by atoms with Gasteiger partial charge in [0, 0.05) is 6.54 Å². The van der Waals surface area contributed by atoms with Gasteiger partial charge >= 0.3 is 0 Å². The van der Waals surface area contributed by atoms with Crippen molar-refractivity contribution in [3.05, 3.63) is 64.7 Å². The lowest BCUT2D eigenvalue weighted by molar-refractivity contribution is -0.127. The van der Waals surface area contributed by atoms with Gasteiger partial charge in [-0.25, -0.2) is 0 Å². The van der Waals surface area contributed by atoms with Crippen molar-refractivity contribution in [2.75, 3.05) is 0 Å². The SMILES string of the molecule is Cc1cccc(CNC(=O)[C@@H](C)Oc2ccc3c(c2)CCCC3)c1. The van der Waals surface area contributed by atoms with Crippen LogP contribution in [-0.2, 0) is 24.2 Å². The number of ether oxygens (including phenoxy) is 1. The predicted molar refractivity (Wildman–Crippen MR) is 96.2 cm³/mol. The van der Waals surface area contributed by atoms with Crippen molar-refractivity contribution in [1.82, 2.24) is 5.32 Å². The molecular weight excluding hydrogens is 298 g/mol. The summed E-state index contributed by atoms with van der Waals surface area (Å²) in [6.07, 6.45) is 4.27. The van der Waals surface area contributed by atoms with Crippen LogP contribution in [0.5, 0.6) is 5.75 Å². The van der Waals surface area contributed by atoms with Crippen LogP contribution in [0.2, 0.25) is 0 Å². The molecule has 3 heteroatoms. The number of carbonyl (C=O) groups is 1. The number of fused-ring (bicyclic) bond motifs is 1. The molecule has 0 radical (unpaired) electrons. The van der Waals surface area contributed by atoms with Crippen molar-refractivity contribution in [2.24, 2.45) is 0 Å². The smallest absolute Gasteiger partial charge is 0.261 e. The summed E-state index contributed by atoms with van der Waals surface area (Å²) in [5.41, 5.74) is 5.08. The van der Waals surface area contributed by atoms with Crippen LogP contribution in [0.25, 0.3) is 0 Å². The summed E-state index contributed by atoms with van der Waals surface area (Å²) in [6, 6.07) is 14.4. The highest BCUT2D eigenvalue weighted by Crippen LogP contribution is 2.25. The fourth-order valence-corrected chi connectivity index (χ4v) is 3.20. The van der Waals surface area contributed by atoms with Gasteiger partial charge in [0.1, 0.15) is 5.75 Å². The van der Waals surface area contributed by atoms with E-state index in [0.29, 0.717) is 6.54 Å². The van der Waals surface area contributed by atoms with Gasteiger partial charge in [0.25, 0.3) is 5.91 Å². The Kier molecular flexibility index (Phi) is 5.19. The molecule has 0 saturated carbocycles. The minimum Gasteiger partial charge on any atom is -0.481 e. The van der Waals surface area contributed by atoms with Gasteiger partial charge in [-0.3, -0.25) is 4.79 Å². The minimum absolute atomic E-state index is 0.0887. The molecule has 1 N–H and O–H groups in total. The average molecular weight is 323 g/mol. The van der Waals surface area contributed by atoms with Crippen LogP contribution in [0.4, 0.5) is 0 Å². The summed E-state index contributed by atoms with van der Waals surface area (Å²) >= 11 is 0. The Morgan fingerprint density at radius 3 is 2.71 bits per heavy atom. The predicted octanol–water partition coefficient (Wildman–Crippen LogP) is 3.96. The maximum atomic E-state index is 12.3. The van der Waals surface area contributed by atoms with Gasteiger partial charge in [-0.1, -0.05) is 35.9 Å². The van der Waals surface area contributed by atoms with E-state index in [2.05, 4.69) is 23.5 Å². The minimum atomic E-state index is -0.503. The first-order valence-corrected chi connectivity index (χ1v) is 8.73. The van der Waals surface area contributed by atoms with E-state index in [1.807, 2.05) is 31.2 Å². The summed E-state index contributed by atoms with van der Waals surface area (Å²) in [5, 5.41) is 2.94. The van der Waals surface area contributed by atoms with Crippen molar-refractivity contribution < 1.29 is 9.53 Å². The molecule has 0 bridgehead atoms. The molecule has 0 aliphatic heterocycles. The highest BCUT2D eigenvalue weighted by atomic mass is 16.5. The molecule has 3 rings (SSSR count). The highest BCUT2D eigenvalue weighted by molar-refractivity contribution is 5.80. The Labute approximate surface area is 144 Å². The molecule has 1 aliphatic rings. The molecule has 126 valence electrons. The normalized spacial score (nSPS) is 14.6. The first-order valence-electron chi connectivity index (χ1n) is 8.73. The fraction of sp³-hybridized carbons (Fsp3) is 0.381. The van der Waals surface area contributed by atoms with Gasteiger partial charge in [0.2, 0.25) is 0 Å². The molecule has 1 aliphatic carbocycles. The zero-order chi connectivity index (χ0) is 16.9. The molecule has 3 nitrogen and oxygen atoms in total. The Morgan fingerprint density at radius 1 is 1.12 bits per heavy atom.